The number of ether oxygens (including phenoxy) is 1. The highest BCUT2D eigenvalue weighted by molar-refractivity contribution is 6.30. The normalized spacial score (nSPS) is 22.1. The second-order valence-corrected chi connectivity index (χ2v) is 4.17. The van der Waals surface area contributed by atoms with Gasteiger partial charge >= 0.3 is 0 Å². The predicted molar refractivity (Wildman–Crippen MR) is 60.4 cm³/mol. The minimum absolute atomic E-state index is 0.286. The standard InChI is InChI=1S/C11H15ClN2O/c12-9-3-4-11(14-8-9)15-10-2-1-6-13-7-5-10/h3-4,8,10,13H,1-2,5-7H2. The number of aromatic nitrogens is 1. The average molecular weight is 227 g/mol. The minimum Gasteiger partial charge on any atom is -0.474 e. The van der Waals surface area contributed by atoms with E-state index in [1.165, 1.54) is 0 Å². The lowest BCUT2D eigenvalue weighted by Crippen LogP contribution is -2.19. The molecule has 1 fully saturated rings. The van der Waals surface area contributed by atoms with Gasteiger partial charge in [0, 0.05) is 12.3 Å². The number of halogens is 1. The van der Waals surface area contributed by atoms with Crippen molar-refractivity contribution in [1.29, 1.82) is 0 Å². The Hall–Kier alpha value is -0.800. The lowest BCUT2D eigenvalue weighted by atomic mass is 10.2. The Labute approximate surface area is 94.8 Å². The lowest BCUT2D eigenvalue weighted by Gasteiger charge is -2.15. The summed E-state index contributed by atoms with van der Waals surface area (Å²) >= 11 is 5.75. The molecule has 1 aromatic rings. The Morgan fingerprint density at radius 3 is 3.07 bits per heavy atom. The van der Waals surface area contributed by atoms with Gasteiger partial charge in [-0.15, -0.1) is 0 Å². The molecule has 1 aliphatic rings. The van der Waals surface area contributed by atoms with E-state index in [4.69, 9.17) is 16.3 Å². The van der Waals surface area contributed by atoms with Crippen LogP contribution in [-0.4, -0.2) is 24.2 Å². The van der Waals surface area contributed by atoms with Crippen molar-refractivity contribution in [2.24, 2.45) is 0 Å². The van der Waals surface area contributed by atoms with E-state index in [0.29, 0.717) is 10.9 Å². The van der Waals surface area contributed by atoms with Gasteiger partial charge in [-0.2, -0.15) is 0 Å². The molecule has 1 unspecified atom stereocenters. The molecule has 0 spiro atoms. The molecule has 15 heavy (non-hydrogen) atoms. The molecule has 2 rings (SSSR count). The molecule has 1 N–H and O–H groups in total. The van der Waals surface area contributed by atoms with E-state index in [2.05, 4.69) is 10.3 Å². The van der Waals surface area contributed by atoms with E-state index in [0.717, 1.165) is 32.4 Å². The van der Waals surface area contributed by atoms with E-state index >= 15 is 0 Å². The van der Waals surface area contributed by atoms with Crippen LogP contribution in [-0.2, 0) is 0 Å². The fourth-order valence-corrected chi connectivity index (χ4v) is 1.82. The lowest BCUT2D eigenvalue weighted by molar-refractivity contribution is 0.180. The summed E-state index contributed by atoms with van der Waals surface area (Å²) in [6.07, 6.45) is 5.21. The second kappa shape index (κ2) is 5.33. The van der Waals surface area contributed by atoms with Crippen LogP contribution in [0.1, 0.15) is 19.3 Å². The molecule has 1 atom stereocenters. The van der Waals surface area contributed by atoms with Crippen LogP contribution < -0.4 is 10.1 Å². The Balaban J connectivity index is 1.92. The van der Waals surface area contributed by atoms with Gasteiger partial charge < -0.3 is 10.1 Å². The number of nitrogens with one attached hydrogen (secondary N) is 1. The van der Waals surface area contributed by atoms with Gasteiger partial charge in [-0.3, -0.25) is 0 Å². The molecular formula is C11H15ClN2O. The Kier molecular flexibility index (Phi) is 3.80. The Morgan fingerprint density at radius 1 is 1.33 bits per heavy atom. The molecule has 0 amide bonds. The smallest absolute Gasteiger partial charge is 0.213 e. The topological polar surface area (TPSA) is 34.1 Å². The van der Waals surface area contributed by atoms with Gasteiger partial charge in [-0.05, 0) is 38.4 Å². The van der Waals surface area contributed by atoms with Gasteiger partial charge in [0.15, 0.2) is 0 Å². The summed E-state index contributed by atoms with van der Waals surface area (Å²) in [7, 11) is 0. The second-order valence-electron chi connectivity index (χ2n) is 3.74. The van der Waals surface area contributed by atoms with Crippen LogP contribution in [0, 0.1) is 0 Å². The molecule has 0 aromatic carbocycles. The first-order valence-electron chi connectivity index (χ1n) is 5.33. The van der Waals surface area contributed by atoms with Gasteiger partial charge in [-0.1, -0.05) is 11.6 Å². The van der Waals surface area contributed by atoms with Crippen molar-refractivity contribution in [3.05, 3.63) is 23.4 Å². The monoisotopic (exact) mass is 226 g/mol. The van der Waals surface area contributed by atoms with Crippen LogP contribution in [0.4, 0.5) is 0 Å². The van der Waals surface area contributed by atoms with Gasteiger partial charge in [0.05, 0.1) is 5.02 Å². The van der Waals surface area contributed by atoms with Crippen molar-refractivity contribution >= 4 is 11.6 Å². The summed E-state index contributed by atoms with van der Waals surface area (Å²) in [6, 6.07) is 3.62. The van der Waals surface area contributed by atoms with E-state index < -0.39 is 0 Å². The fourth-order valence-electron chi connectivity index (χ4n) is 1.71. The third-order valence-electron chi connectivity index (χ3n) is 2.51. The molecule has 0 bridgehead atoms. The number of hydrogen-bond donors (Lipinski definition) is 1. The highest BCUT2D eigenvalue weighted by Crippen LogP contribution is 2.16. The first kappa shape index (κ1) is 10.7. The molecule has 0 radical (unpaired) electrons. The predicted octanol–water partition coefficient (Wildman–Crippen LogP) is 2.26. The van der Waals surface area contributed by atoms with Gasteiger partial charge in [0.2, 0.25) is 5.88 Å². The van der Waals surface area contributed by atoms with E-state index in [1.807, 2.05) is 6.07 Å². The van der Waals surface area contributed by atoms with Crippen molar-refractivity contribution in [3.63, 3.8) is 0 Å². The van der Waals surface area contributed by atoms with E-state index in [1.54, 1.807) is 12.3 Å². The first-order chi connectivity index (χ1) is 7.34. The summed E-state index contributed by atoms with van der Waals surface area (Å²) in [5.74, 6) is 0.673. The zero-order chi connectivity index (χ0) is 10.5. The maximum absolute atomic E-state index is 5.78. The largest absolute Gasteiger partial charge is 0.474 e. The first-order valence-corrected chi connectivity index (χ1v) is 5.71. The molecular weight excluding hydrogens is 212 g/mol. The van der Waals surface area contributed by atoms with Crippen LogP contribution in [0.2, 0.25) is 5.02 Å². The highest BCUT2D eigenvalue weighted by Gasteiger charge is 2.13. The maximum Gasteiger partial charge on any atom is 0.213 e. The van der Waals surface area contributed by atoms with Crippen LogP contribution in [0.25, 0.3) is 0 Å². The van der Waals surface area contributed by atoms with Crippen LogP contribution in [0.3, 0.4) is 0 Å². The van der Waals surface area contributed by atoms with Crippen LogP contribution in [0.5, 0.6) is 5.88 Å². The summed E-state index contributed by atoms with van der Waals surface area (Å²) in [5.41, 5.74) is 0. The molecule has 3 nitrogen and oxygen atoms in total. The summed E-state index contributed by atoms with van der Waals surface area (Å²) in [5, 5.41) is 3.99. The van der Waals surface area contributed by atoms with Crippen LogP contribution in [0.15, 0.2) is 18.3 Å². The maximum atomic E-state index is 5.78. The molecule has 0 aliphatic carbocycles. The molecule has 4 heteroatoms. The number of rotatable bonds is 2. The highest BCUT2D eigenvalue weighted by atomic mass is 35.5. The number of hydrogen-bond acceptors (Lipinski definition) is 3. The molecule has 1 saturated heterocycles. The van der Waals surface area contributed by atoms with Gasteiger partial charge in [0.25, 0.3) is 0 Å². The summed E-state index contributed by atoms with van der Waals surface area (Å²) in [4.78, 5) is 4.13. The Bertz CT molecular complexity index is 294. The summed E-state index contributed by atoms with van der Waals surface area (Å²) in [6.45, 7) is 2.12. The zero-order valence-corrected chi connectivity index (χ0v) is 9.33. The fraction of sp³-hybridized carbons (Fsp3) is 0.545. The average Bonchev–Trinajstić information content (AvgIpc) is 2.50. The molecule has 0 saturated carbocycles. The minimum atomic E-state index is 0.286. The van der Waals surface area contributed by atoms with Crippen LogP contribution >= 0.6 is 11.6 Å². The number of nitrogens with zero attached hydrogens (tertiary/aromatic N) is 1. The SMILES string of the molecule is Clc1ccc(OC2CCCNCC2)nc1. The third kappa shape index (κ3) is 3.36. The molecule has 1 aromatic heterocycles. The number of pyridine rings is 1. The molecule has 1 aliphatic heterocycles. The van der Waals surface area contributed by atoms with Crippen molar-refractivity contribution in [3.8, 4) is 5.88 Å². The Morgan fingerprint density at radius 2 is 2.27 bits per heavy atom. The third-order valence-corrected chi connectivity index (χ3v) is 2.73. The van der Waals surface area contributed by atoms with Crippen molar-refractivity contribution in [2.75, 3.05) is 13.1 Å². The van der Waals surface area contributed by atoms with E-state index in [9.17, 15) is 0 Å². The zero-order valence-electron chi connectivity index (χ0n) is 8.58. The van der Waals surface area contributed by atoms with Crippen molar-refractivity contribution < 1.29 is 4.74 Å². The van der Waals surface area contributed by atoms with Gasteiger partial charge in [-0.25, -0.2) is 4.98 Å². The van der Waals surface area contributed by atoms with Gasteiger partial charge in [0.1, 0.15) is 6.10 Å². The van der Waals surface area contributed by atoms with Crippen molar-refractivity contribution in [2.45, 2.75) is 25.4 Å². The van der Waals surface area contributed by atoms with Crippen molar-refractivity contribution in [1.82, 2.24) is 10.3 Å². The molecule has 2 heterocycles. The quantitative estimate of drug-likeness (QED) is 0.840. The molecule has 82 valence electrons. The summed E-state index contributed by atoms with van der Waals surface area (Å²) < 4.78 is 5.78. The van der Waals surface area contributed by atoms with E-state index in [-0.39, 0.29) is 6.10 Å².